The van der Waals surface area contributed by atoms with Gasteiger partial charge in [-0.3, -0.25) is 24.0 Å². The number of hydrogen-bond donors (Lipinski definition) is 2. The number of rotatable bonds is 7. The monoisotopic (exact) mass is 417 g/mol. The lowest BCUT2D eigenvalue weighted by molar-refractivity contribution is -0.137. The molecule has 4 rings (SSSR count). The van der Waals surface area contributed by atoms with Crippen LogP contribution >= 0.6 is 0 Å². The number of nitrogens with two attached hydrogens (primary N) is 1. The van der Waals surface area contributed by atoms with Crippen molar-refractivity contribution in [3.8, 4) is 11.4 Å². The van der Waals surface area contributed by atoms with Crippen LogP contribution in [0.15, 0.2) is 65.5 Å². The Labute approximate surface area is 176 Å². The van der Waals surface area contributed by atoms with Crippen LogP contribution in [0, 0.1) is 0 Å². The van der Waals surface area contributed by atoms with Crippen LogP contribution in [-0.4, -0.2) is 38.4 Å². The van der Waals surface area contributed by atoms with Crippen molar-refractivity contribution in [2.75, 3.05) is 0 Å². The van der Waals surface area contributed by atoms with Gasteiger partial charge in [-0.05, 0) is 18.2 Å². The molecule has 0 aliphatic rings. The van der Waals surface area contributed by atoms with E-state index in [1.807, 2.05) is 18.2 Å². The Morgan fingerprint density at radius 3 is 2.68 bits per heavy atom. The molecular formula is C22H19N5O4. The second-order valence-electron chi connectivity index (χ2n) is 6.96. The quantitative estimate of drug-likeness (QED) is 0.439. The number of furan rings is 1. The van der Waals surface area contributed by atoms with Crippen LogP contribution in [0.5, 0.6) is 0 Å². The van der Waals surface area contributed by atoms with Gasteiger partial charge in [-0.2, -0.15) is 5.10 Å². The molecule has 0 spiro atoms. The standard InChI is InChI=1S/C22H19N5O4/c1-27-19(16-7-4-5-9-24-16)15(11-25-27)22(30)26-17(20(28)21(23)29)10-13-12-31-18-8-3-2-6-14(13)18/h2-9,11-12,17H,10H2,1H3,(H2,23,29)(H,26,30). The van der Waals surface area contributed by atoms with Crippen LogP contribution in [-0.2, 0) is 23.1 Å². The van der Waals surface area contributed by atoms with Gasteiger partial charge in [0.1, 0.15) is 11.6 Å². The van der Waals surface area contributed by atoms with Gasteiger partial charge in [0, 0.05) is 30.6 Å². The summed E-state index contributed by atoms with van der Waals surface area (Å²) in [5.74, 6) is -2.60. The molecule has 9 nitrogen and oxygen atoms in total. The van der Waals surface area contributed by atoms with E-state index in [4.69, 9.17) is 10.2 Å². The summed E-state index contributed by atoms with van der Waals surface area (Å²) in [5, 5.41) is 7.56. The molecule has 2 amide bonds. The Bertz CT molecular complexity index is 1280. The summed E-state index contributed by atoms with van der Waals surface area (Å²) >= 11 is 0. The number of aromatic nitrogens is 3. The fourth-order valence-electron chi connectivity index (χ4n) is 3.44. The number of nitrogens with zero attached hydrogens (tertiary/aromatic N) is 3. The third-order valence-corrected chi connectivity index (χ3v) is 4.94. The van der Waals surface area contributed by atoms with Crippen molar-refractivity contribution in [1.29, 1.82) is 0 Å². The number of fused-ring (bicyclic) bond motifs is 1. The number of nitrogens with one attached hydrogen (secondary N) is 1. The van der Waals surface area contributed by atoms with Crippen molar-refractivity contribution >= 4 is 28.6 Å². The summed E-state index contributed by atoms with van der Waals surface area (Å²) in [7, 11) is 1.68. The number of carbonyl (C=O) groups excluding carboxylic acids is 3. The molecule has 156 valence electrons. The number of amides is 2. The van der Waals surface area contributed by atoms with Gasteiger partial charge in [-0.1, -0.05) is 24.3 Å². The van der Waals surface area contributed by atoms with E-state index in [-0.39, 0.29) is 12.0 Å². The molecule has 0 saturated heterocycles. The Morgan fingerprint density at radius 2 is 1.94 bits per heavy atom. The van der Waals surface area contributed by atoms with Gasteiger partial charge in [0.2, 0.25) is 5.78 Å². The molecule has 31 heavy (non-hydrogen) atoms. The smallest absolute Gasteiger partial charge is 0.287 e. The number of para-hydroxylation sites is 1. The predicted molar refractivity (Wildman–Crippen MR) is 112 cm³/mol. The first kappa shape index (κ1) is 20.0. The van der Waals surface area contributed by atoms with Gasteiger partial charge in [0.25, 0.3) is 11.8 Å². The third kappa shape index (κ3) is 3.93. The largest absolute Gasteiger partial charge is 0.464 e. The SMILES string of the molecule is Cn1ncc(C(=O)NC(Cc2coc3ccccc23)C(=O)C(N)=O)c1-c1ccccn1. The molecule has 0 saturated carbocycles. The van der Waals surface area contributed by atoms with E-state index < -0.39 is 23.6 Å². The Balaban J connectivity index is 1.65. The highest BCUT2D eigenvalue weighted by Crippen LogP contribution is 2.23. The summed E-state index contributed by atoms with van der Waals surface area (Å²) in [5.41, 5.74) is 7.79. The van der Waals surface area contributed by atoms with Gasteiger partial charge in [-0.25, -0.2) is 0 Å². The van der Waals surface area contributed by atoms with Crippen molar-refractivity contribution in [2.45, 2.75) is 12.5 Å². The molecule has 3 heterocycles. The van der Waals surface area contributed by atoms with Crippen LogP contribution in [0.4, 0.5) is 0 Å². The molecule has 1 aromatic carbocycles. The van der Waals surface area contributed by atoms with Crippen molar-refractivity contribution in [3.05, 3.63) is 72.2 Å². The zero-order chi connectivity index (χ0) is 22.0. The van der Waals surface area contributed by atoms with Gasteiger partial charge in [-0.15, -0.1) is 0 Å². The molecular weight excluding hydrogens is 398 g/mol. The number of aryl methyl sites for hydroxylation is 1. The first-order chi connectivity index (χ1) is 15.0. The minimum Gasteiger partial charge on any atom is -0.464 e. The summed E-state index contributed by atoms with van der Waals surface area (Å²) in [6.45, 7) is 0. The Hall–Kier alpha value is -4.27. The number of primary amides is 1. The normalized spacial score (nSPS) is 11.9. The lowest BCUT2D eigenvalue weighted by Gasteiger charge is -2.16. The zero-order valence-electron chi connectivity index (χ0n) is 16.6. The van der Waals surface area contributed by atoms with Crippen LogP contribution in [0.25, 0.3) is 22.4 Å². The number of benzene rings is 1. The average molecular weight is 417 g/mol. The minimum absolute atomic E-state index is 0.0453. The van der Waals surface area contributed by atoms with E-state index in [1.165, 1.54) is 17.1 Å². The van der Waals surface area contributed by atoms with E-state index in [0.717, 1.165) is 5.39 Å². The molecule has 0 aliphatic carbocycles. The van der Waals surface area contributed by atoms with Crippen LogP contribution < -0.4 is 11.1 Å². The van der Waals surface area contributed by atoms with Gasteiger partial charge >= 0.3 is 0 Å². The van der Waals surface area contributed by atoms with Gasteiger partial charge in [0.05, 0.1) is 29.4 Å². The van der Waals surface area contributed by atoms with Crippen molar-refractivity contribution in [3.63, 3.8) is 0 Å². The van der Waals surface area contributed by atoms with E-state index in [9.17, 15) is 14.4 Å². The highest BCUT2D eigenvalue weighted by molar-refractivity contribution is 6.38. The lowest BCUT2D eigenvalue weighted by Crippen LogP contribution is -2.47. The van der Waals surface area contributed by atoms with Crippen molar-refractivity contribution in [1.82, 2.24) is 20.1 Å². The van der Waals surface area contributed by atoms with E-state index in [2.05, 4.69) is 15.4 Å². The average Bonchev–Trinajstić information content (AvgIpc) is 3.37. The number of ketones is 1. The first-order valence-electron chi connectivity index (χ1n) is 9.48. The maximum atomic E-state index is 13.1. The number of pyridine rings is 1. The molecule has 0 bridgehead atoms. The molecule has 0 radical (unpaired) electrons. The van der Waals surface area contributed by atoms with Gasteiger partial charge < -0.3 is 15.5 Å². The fourth-order valence-corrected chi connectivity index (χ4v) is 3.44. The van der Waals surface area contributed by atoms with Crippen molar-refractivity contribution < 1.29 is 18.8 Å². The highest BCUT2D eigenvalue weighted by atomic mass is 16.3. The number of Topliss-reactive ketones (excluding diaryl/α,β-unsaturated/α-hetero) is 1. The molecule has 9 heteroatoms. The zero-order valence-corrected chi connectivity index (χ0v) is 16.6. The summed E-state index contributed by atoms with van der Waals surface area (Å²) in [6.07, 6.45) is 4.54. The molecule has 3 N–H and O–H groups in total. The predicted octanol–water partition coefficient (Wildman–Crippen LogP) is 1.62. The summed E-state index contributed by atoms with van der Waals surface area (Å²) in [6, 6.07) is 11.4. The second-order valence-corrected chi connectivity index (χ2v) is 6.96. The van der Waals surface area contributed by atoms with Crippen molar-refractivity contribution in [2.24, 2.45) is 12.8 Å². The highest BCUT2D eigenvalue weighted by Gasteiger charge is 2.29. The second kappa shape index (κ2) is 8.23. The molecule has 1 unspecified atom stereocenters. The van der Waals surface area contributed by atoms with E-state index >= 15 is 0 Å². The number of carbonyl (C=O) groups is 3. The van der Waals surface area contributed by atoms with Crippen LogP contribution in [0.2, 0.25) is 0 Å². The summed E-state index contributed by atoms with van der Waals surface area (Å²) in [4.78, 5) is 41.4. The number of hydrogen-bond acceptors (Lipinski definition) is 6. The molecule has 3 aromatic heterocycles. The maximum absolute atomic E-state index is 13.1. The maximum Gasteiger partial charge on any atom is 0.287 e. The van der Waals surface area contributed by atoms with E-state index in [0.29, 0.717) is 22.5 Å². The first-order valence-corrected chi connectivity index (χ1v) is 9.48. The van der Waals surface area contributed by atoms with E-state index in [1.54, 1.807) is 37.5 Å². The third-order valence-electron chi connectivity index (χ3n) is 4.94. The van der Waals surface area contributed by atoms with Crippen LogP contribution in [0.3, 0.4) is 0 Å². The topological polar surface area (TPSA) is 133 Å². The lowest BCUT2D eigenvalue weighted by atomic mass is 10.0. The fraction of sp³-hybridized carbons (Fsp3) is 0.136. The Kier molecular flexibility index (Phi) is 5.31. The summed E-state index contributed by atoms with van der Waals surface area (Å²) < 4.78 is 7.02. The van der Waals surface area contributed by atoms with Gasteiger partial charge in [0.15, 0.2) is 0 Å². The molecule has 0 aliphatic heterocycles. The Morgan fingerprint density at radius 1 is 1.16 bits per heavy atom. The molecule has 4 aromatic rings. The molecule has 0 fully saturated rings. The molecule has 1 atom stereocenters. The minimum atomic E-state index is -1.16. The van der Waals surface area contributed by atoms with Crippen LogP contribution in [0.1, 0.15) is 15.9 Å².